The molecule has 0 bridgehead atoms. The molecule has 2 rings (SSSR count). The van der Waals surface area contributed by atoms with E-state index in [9.17, 15) is 9.59 Å². The Morgan fingerprint density at radius 1 is 1.33 bits per heavy atom. The molecule has 0 aliphatic carbocycles. The van der Waals surface area contributed by atoms with Gasteiger partial charge >= 0.3 is 0 Å². The third kappa shape index (κ3) is 5.72. The minimum Gasteiger partial charge on any atom is -0.346 e. The highest BCUT2D eigenvalue weighted by molar-refractivity contribution is 9.10. The van der Waals surface area contributed by atoms with Crippen LogP contribution in [0.3, 0.4) is 0 Å². The van der Waals surface area contributed by atoms with Crippen molar-refractivity contribution in [2.45, 2.75) is 0 Å². The molecule has 1 aromatic carbocycles. The highest BCUT2D eigenvalue weighted by Crippen LogP contribution is 2.22. The molecule has 0 atom stereocenters. The van der Waals surface area contributed by atoms with E-state index in [2.05, 4.69) is 31.6 Å². The zero-order valence-electron chi connectivity index (χ0n) is 11.1. The van der Waals surface area contributed by atoms with E-state index >= 15 is 0 Å². The molecule has 1 aliphatic heterocycles. The number of hydrogen-bond donors (Lipinski definition) is 2. The summed E-state index contributed by atoms with van der Waals surface area (Å²) in [4.78, 5) is 27.6. The van der Waals surface area contributed by atoms with Crippen molar-refractivity contribution in [3.63, 3.8) is 0 Å². The lowest BCUT2D eigenvalue weighted by Crippen LogP contribution is -2.34. The van der Waals surface area contributed by atoms with E-state index in [0.29, 0.717) is 5.69 Å². The summed E-state index contributed by atoms with van der Waals surface area (Å²) in [5.41, 5.74) is 0.683. The zero-order valence-corrected chi connectivity index (χ0v) is 14.3. The minimum absolute atomic E-state index is 0.0413. The van der Waals surface area contributed by atoms with Gasteiger partial charge in [0, 0.05) is 10.2 Å². The molecule has 112 valence electrons. The predicted molar refractivity (Wildman–Crippen MR) is 93.0 cm³/mol. The van der Waals surface area contributed by atoms with Gasteiger partial charge in [0.2, 0.25) is 11.8 Å². The summed E-state index contributed by atoms with van der Waals surface area (Å²) in [6, 6.07) is 7.32. The molecule has 0 unspecified atom stereocenters. The molecule has 0 fully saturated rings. The second kappa shape index (κ2) is 8.45. The lowest BCUT2D eigenvalue weighted by molar-refractivity contribution is -0.122. The highest BCUT2D eigenvalue weighted by Gasteiger charge is 2.11. The summed E-state index contributed by atoms with van der Waals surface area (Å²) in [5.74, 6) is 0.845. The topological polar surface area (TPSA) is 70.6 Å². The number of thioether (sulfide) groups is 2. The molecule has 21 heavy (non-hydrogen) atoms. The number of para-hydroxylation sites is 1. The predicted octanol–water partition coefficient (Wildman–Crippen LogP) is 2.34. The van der Waals surface area contributed by atoms with E-state index in [0.717, 1.165) is 21.1 Å². The Labute approximate surface area is 139 Å². The molecular weight excluding hydrogens is 374 g/mol. The summed E-state index contributed by atoms with van der Waals surface area (Å²) in [5, 5.41) is 5.32. The van der Waals surface area contributed by atoms with Crippen LogP contribution >= 0.6 is 39.5 Å². The van der Waals surface area contributed by atoms with Crippen LogP contribution in [0.1, 0.15) is 0 Å². The van der Waals surface area contributed by atoms with Crippen LogP contribution in [0.25, 0.3) is 0 Å². The van der Waals surface area contributed by atoms with Gasteiger partial charge in [-0.05, 0) is 28.1 Å². The van der Waals surface area contributed by atoms with Gasteiger partial charge in [-0.1, -0.05) is 35.7 Å². The number of hydrogen-bond acceptors (Lipinski definition) is 5. The largest absolute Gasteiger partial charge is 0.346 e. The molecule has 0 saturated heterocycles. The standard InChI is InChI=1S/C13H14BrN3O2S2/c14-9-3-1-2-4-10(9)17-11(18)7-16-12(19)8-21-13-15-5-6-20-13/h1-4H,5-8H2,(H,16,19)(H,17,18). The Morgan fingerprint density at radius 3 is 2.86 bits per heavy atom. The fourth-order valence-corrected chi connectivity index (χ4v) is 3.74. The molecule has 2 amide bonds. The number of carbonyl (C=O) groups is 2. The summed E-state index contributed by atoms with van der Waals surface area (Å²) < 4.78 is 1.75. The Hall–Kier alpha value is -0.990. The molecule has 5 nitrogen and oxygen atoms in total. The minimum atomic E-state index is -0.257. The average molecular weight is 388 g/mol. The monoisotopic (exact) mass is 387 g/mol. The molecule has 0 saturated carbocycles. The van der Waals surface area contributed by atoms with Crippen molar-refractivity contribution in [2.75, 3.05) is 29.9 Å². The second-order valence-corrected chi connectivity index (χ2v) is 7.25. The number of anilines is 1. The third-order valence-corrected chi connectivity index (χ3v) is 5.42. The van der Waals surface area contributed by atoms with E-state index in [1.807, 2.05) is 18.2 Å². The van der Waals surface area contributed by atoms with E-state index in [4.69, 9.17) is 0 Å². The molecule has 0 aromatic heterocycles. The van der Waals surface area contributed by atoms with Gasteiger partial charge in [-0.25, -0.2) is 0 Å². The molecule has 0 spiro atoms. The van der Waals surface area contributed by atoms with Gasteiger partial charge in [0.05, 0.1) is 24.5 Å². The smallest absolute Gasteiger partial charge is 0.243 e. The van der Waals surface area contributed by atoms with E-state index < -0.39 is 0 Å². The first-order valence-electron chi connectivity index (χ1n) is 6.26. The van der Waals surface area contributed by atoms with Crippen molar-refractivity contribution in [1.82, 2.24) is 5.32 Å². The van der Waals surface area contributed by atoms with Gasteiger partial charge in [0.15, 0.2) is 0 Å². The summed E-state index contributed by atoms with van der Waals surface area (Å²) in [7, 11) is 0. The van der Waals surface area contributed by atoms with Gasteiger partial charge in [0.1, 0.15) is 4.38 Å². The molecule has 1 heterocycles. The first-order chi connectivity index (χ1) is 10.1. The molecule has 8 heteroatoms. The van der Waals surface area contributed by atoms with E-state index in [1.54, 1.807) is 17.8 Å². The van der Waals surface area contributed by atoms with Crippen molar-refractivity contribution >= 4 is 61.3 Å². The Balaban J connectivity index is 1.68. The number of nitrogens with zero attached hydrogens (tertiary/aromatic N) is 1. The van der Waals surface area contributed by atoms with Gasteiger partial charge in [-0.2, -0.15) is 0 Å². The van der Waals surface area contributed by atoms with Crippen molar-refractivity contribution in [3.05, 3.63) is 28.7 Å². The van der Waals surface area contributed by atoms with Crippen LogP contribution in [-0.4, -0.2) is 40.8 Å². The number of aliphatic imine (C=N–C) groups is 1. The fraction of sp³-hybridized carbons (Fsp3) is 0.308. The Morgan fingerprint density at radius 2 is 2.14 bits per heavy atom. The quantitative estimate of drug-likeness (QED) is 0.813. The summed E-state index contributed by atoms with van der Waals surface area (Å²) in [6.45, 7) is 0.781. The number of amides is 2. The highest BCUT2D eigenvalue weighted by atomic mass is 79.9. The fourth-order valence-electron chi connectivity index (χ4n) is 1.52. The SMILES string of the molecule is O=C(CSC1=NCCS1)NCC(=O)Nc1ccccc1Br. The third-order valence-electron chi connectivity index (χ3n) is 2.48. The van der Waals surface area contributed by atoms with Gasteiger partial charge < -0.3 is 10.6 Å². The van der Waals surface area contributed by atoms with Gasteiger partial charge in [-0.15, -0.1) is 0 Å². The van der Waals surface area contributed by atoms with E-state index in [1.165, 1.54) is 11.8 Å². The first-order valence-corrected chi connectivity index (χ1v) is 9.02. The maximum Gasteiger partial charge on any atom is 0.243 e. The van der Waals surface area contributed by atoms with Crippen LogP contribution in [-0.2, 0) is 9.59 Å². The maximum absolute atomic E-state index is 11.7. The number of carbonyl (C=O) groups excluding carboxylic acids is 2. The second-order valence-electron chi connectivity index (χ2n) is 4.09. The number of nitrogens with one attached hydrogen (secondary N) is 2. The summed E-state index contributed by atoms with van der Waals surface area (Å²) in [6.07, 6.45) is 0. The van der Waals surface area contributed by atoms with Gasteiger partial charge in [-0.3, -0.25) is 14.6 Å². The molecular formula is C13H14BrN3O2S2. The molecule has 1 aromatic rings. The van der Waals surface area contributed by atoms with Crippen LogP contribution in [0.4, 0.5) is 5.69 Å². The van der Waals surface area contributed by atoms with Crippen molar-refractivity contribution in [1.29, 1.82) is 0 Å². The lowest BCUT2D eigenvalue weighted by Gasteiger charge is -2.08. The van der Waals surface area contributed by atoms with E-state index in [-0.39, 0.29) is 24.1 Å². The first kappa shape index (κ1) is 16.4. The van der Waals surface area contributed by atoms with Crippen molar-refractivity contribution < 1.29 is 9.59 Å². The summed E-state index contributed by atoms with van der Waals surface area (Å²) >= 11 is 6.42. The van der Waals surface area contributed by atoms with Crippen LogP contribution in [0.5, 0.6) is 0 Å². The Bertz CT molecular complexity index is 566. The average Bonchev–Trinajstić information content (AvgIpc) is 2.99. The number of benzene rings is 1. The molecule has 2 N–H and O–H groups in total. The van der Waals surface area contributed by atoms with Crippen molar-refractivity contribution in [2.24, 2.45) is 4.99 Å². The number of halogens is 1. The lowest BCUT2D eigenvalue weighted by atomic mass is 10.3. The van der Waals surface area contributed by atoms with Gasteiger partial charge in [0.25, 0.3) is 0 Å². The molecule has 1 aliphatic rings. The zero-order chi connectivity index (χ0) is 15.1. The van der Waals surface area contributed by atoms with Crippen molar-refractivity contribution in [3.8, 4) is 0 Å². The van der Waals surface area contributed by atoms with Crippen LogP contribution in [0.15, 0.2) is 33.7 Å². The number of rotatable bonds is 5. The van der Waals surface area contributed by atoms with Crippen LogP contribution in [0.2, 0.25) is 0 Å². The van der Waals surface area contributed by atoms with Crippen LogP contribution < -0.4 is 10.6 Å². The normalized spacial score (nSPS) is 13.7. The Kier molecular flexibility index (Phi) is 6.59. The van der Waals surface area contributed by atoms with Crippen LogP contribution in [0, 0.1) is 0 Å². The molecule has 0 radical (unpaired) electrons. The maximum atomic E-state index is 11.7.